The van der Waals surface area contributed by atoms with Crippen LogP contribution in [-0.4, -0.2) is 21.4 Å². The van der Waals surface area contributed by atoms with Crippen LogP contribution in [0.5, 0.6) is 0 Å². The third kappa shape index (κ3) is 2.96. The molecule has 1 aromatic heterocycles. The molecule has 0 bridgehead atoms. The van der Waals surface area contributed by atoms with Gasteiger partial charge < -0.3 is 22.6 Å². The molecular weight excluding hydrogens is 362 g/mol. The lowest BCUT2D eigenvalue weighted by atomic mass is 10.1. The van der Waals surface area contributed by atoms with E-state index in [0.29, 0.717) is 6.61 Å². The Kier molecular flexibility index (Phi) is 5.12. The van der Waals surface area contributed by atoms with Gasteiger partial charge in [0.15, 0.2) is 0 Å². The Morgan fingerprint density at radius 1 is 1.11 bits per heavy atom. The maximum atomic E-state index is 6.14. The highest BCUT2D eigenvalue weighted by molar-refractivity contribution is 5.48. The van der Waals surface area contributed by atoms with Gasteiger partial charge in [-0.05, 0) is 43.0 Å². The van der Waals surface area contributed by atoms with Crippen molar-refractivity contribution in [1.82, 2.24) is 9.78 Å². The van der Waals surface area contributed by atoms with Gasteiger partial charge in [0.05, 0.1) is 0 Å². The lowest BCUT2D eigenvalue weighted by molar-refractivity contribution is -0.739. The molecular formula is C21H24ClN3O2. The summed E-state index contributed by atoms with van der Waals surface area (Å²) < 4.78 is 10.5. The van der Waals surface area contributed by atoms with Crippen molar-refractivity contribution in [1.29, 1.82) is 0 Å². The monoisotopic (exact) mass is 385 g/mol. The summed E-state index contributed by atoms with van der Waals surface area (Å²) in [7, 11) is 0. The van der Waals surface area contributed by atoms with E-state index in [9.17, 15) is 0 Å². The molecule has 5 rings (SSSR count). The number of rotatable bonds is 1. The minimum atomic E-state index is 0. The average molecular weight is 386 g/mol. The topological polar surface area (TPSA) is 62.4 Å². The molecule has 1 aliphatic heterocycles. The van der Waals surface area contributed by atoms with Crippen molar-refractivity contribution in [3.05, 3.63) is 76.4 Å². The van der Waals surface area contributed by atoms with Crippen molar-refractivity contribution in [2.45, 2.75) is 45.9 Å². The summed E-state index contributed by atoms with van der Waals surface area (Å²) in [5.74, 6) is 0.998. The summed E-state index contributed by atoms with van der Waals surface area (Å²) in [5.41, 5.74) is 7.74. The fourth-order valence-electron chi connectivity index (χ4n) is 4.56. The molecule has 2 aliphatic rings. The molecule has 0 radical (unpaired) electrons. The molecule has 0 amide bonds. The second-order valence-corrected chi connectivity index (χ2v) is 7.33. The summed E-state index contributed by atoms with van der Waals surface area (Å²) in [6, 6.07) is 13.4. The Balaban J connectivity index is 0.00000105. The zero-order valence-electron chi connectivity index (χ0n) is 15.7. The average Bonchev–Trinajstić information content (AvgIpc) is 3.13. The lowest BCUT2D eigenvalue weighted by Gasteiger charge is -2.23. The van der Waals surface area contributed by atoms with Crippen LogP contribution in [0, 0.1) is 20.8 Å². The summed E-state index contributed by atoms with van der Waals surface area (Å²) in [4.78, 5) is 0. The van der Waals surface area contributed by atoms with Crippen molar-refractivity contribution in [3.63, 3.8) is 0 Å². The molecule has 142 valence electrons. The zero-order valence-corrected chi connectivity index (χ0v) is 16.5. The fraction of sp³-hybridized carbons (Fsp3) is 0.333. The van der Waals surface area contributed by atoms with Crippen LogP contribution < -0.4 is 17.0 Å². The van der Waals surface area contributed by atoms with Crippen LogP contribution in [-0.2, 0) is 17.8 Å². The molecule has 2 heterocycles. The first-order valence-corrected chi connectivity index (χ1v) is 8.89. The molecule has 2 N–H and O–H groups in total. The first-order chi connectivity index (χ1) is 12.1. The number of aromatic nitrogens is 3. The summed E-state index contributed by atoms with van der Waals surface area (Å²) in [5, 5.41) is 4.86. The predicted octanol–water partition coefficient (Wildman–Crippen LogP) is -0.691. The fourth-order valence-corrected chi connectivity index (χ4v) is 4.56. The van der Waals surface area contributed by atoms with Crippen LogP contribution in [0.2, 0.25) is 0 Å². The number of halogens is 1. The number of benzene rings is 2. The predicted molar refractivity (Wildman–Crippen MR) is 98.4 cm³/mol. The Hall–Kier alpha value is -2.21. The first-order valence-electron chi connectivity index (χ1n) is 8.89. The van der Waals surface area contributed by atoms with Crippen LogP contribution in [0.3, 0.4) is 0 Å². The third-order valence-electron chi connectivity index (χ3n) is 5.49. The van der Waals surface area contributed by atoms with E-state index in [1.165, 1.54) is 33.5 Å². The highest BCUT2D eigenvalue weighted by atomic mass is 35.5. The summed E-state index contributed by atoms with van der Waals surface area (Å²) in [6.45, 7) is 7.03. The minimum absolute atomic E-state index is 0. The molecule has 5 nitrogen and oxygen atoms in total. The molecule has 2 aromatic carbocycles. The van der Waals surface area contributed by atoms with Crippen molar-refractivity contribution < 1.29 is 27.2 Å². The standard InChI is InChI=1S/C21H22N3O.ClH.H2O/c1-13-8-14(2)20(15(3)9-13)24-12-23-19(22-24)11-25-18-10-16-6-4-5-7-17(16)21(18)23;;/h4-9,12,18,21H,10-11H2,1-3H3;1H;1H2/q+1;;/p-1/t18-,21+;;/m0../s1. The van der Waals surface area contributed by atoms with E-state index in [4.69, 9.17) is 9.84 Å². The van der Waals surface area contributed by atoms with Crippen LogP contribution in [0.25, 0.3) is 5.69 Å². The van der Waals surface area contributed by atoms with Gasteiger partial charge in [-0.25, -0.2) is 4.57 Å². The van der Waals surface area contributed by atoms with Gasteiger partial charge in [0.1, 0.15) is 24.4 Å². The Morgan fingerprint density at radius 2 is 1.81 bits per heavy atom. The van der Waals surface area contributed by atoms with Crippen LogP contribution in [0.15, 0.2) is 42.7 Å². The molecule has 0 spiro atoms. The number of ether oxygens (including phenoxy) is 1. The van der Waals surface area contributed by atoms with Crippen molar-refractivity contribution in [3.8, 4) is 5.69 Å². The molecule has 27 heavy (non-hydrogen) atoms. The van der Waals surface area contributed by atoms with E-state index in [1.54, 1.807) is 0 Å². The molecule has 1 aliphatic carbocycles. The van der Waals surface area contributed by atoms with Gasteiger partial charge in [0.25, 0.3) is 0 Å². The normalized spacial score (nSPS) is 19.4. The molecule has 0 unspecified atom stereocenters. The van der Waals surface area contributed by atoms with Gasteiger partial charge in [0, 0.05) is 11.5 Å². The Bertz CT molecular complexity index is 976. The van der Waals surface area contributed by atoms with Crippen molar-refractivity contribution in [2.75, 3.05) is 0 Å². The molecule has 0 saturated carbocycles. The molecule has 3 aromatic rings. The van der Waals surface area contributed by atoms with Crippen LogP contribution in [0.4, 0.5) is 0 Å². The zero-order chi connectivity index (χ0) is 17.1. The molecule has 0 fully saturated rings. The van der Waals surface area contributed by atoms with E-state index in [-0.39, 0.29) is 30.0 Å². The lowest BCUT2D eigenvalue weighted by Crippen LogP contribution is -3.00. The smallest absolute Gasteiger partial charge is 0.304 e. The highest BCUT2D eigenvalue weighted by Gasteiger charge is 2.43. The van der Waals surface area contributed by atoms with Crippen molar-refractivity contribution >= 4 is 0 Å². The SMILES string of the molecule is Cc1cc(C)c(-n2c[n+]3c(n2)CO[C@H]2Cc4ccccc4[C@H]23)c(C)c1.O.[Cl-]. The van der Waals surface area contributed by atoms with Crippen LogP contribution >= 0.6 is 0 Å². The number of aryl methyl sites for hydroxylation is 3. The van der Waals surface area contributed by atoms with E-state index in [1.807, 2.05) is 4.68 Å². The molecule has 6 heteroatoms. The third-order valence-corrected chi connectivity index (χ3v) is 5.49. The second-order valence-electron chi connectivity index (χ2n) is 7.33. The highest BCUT2D eigenvalue weighted by Crippen LogP contribution is 2.35. The Morgan fingerprint density at radius 3 is 2.56 bits per heavy atom. The largest absolute Gasteiger partial charge is 1.00 e. The number of nitrogens with zero attached hydrogens (tertiary/aromatic N) is 3. The maximum absolute atomic E-state index is 6.14. The minimum Gasteiger partial charge on any atom is -1.00 e. The van der Waals surface area contributed by atoms with E-state index in [2.05, 4.69) is 68.1 Å². The van der Waals surface area contributed by atoms with Crippen molar-refractivity contribution in [2.24, 2.45) is 0 Å². The molecule has 2 atom stereocenters. The first kappa shape index (κ1) is 19.5. The van der Waals surface area contributed by atoms with Gasteiger partial charge >= 0.3 is 5.82 Å². The van der Waals surface area contributed by atoms with Gasteiger partial charge in [0.2, 0.25) is 6.33 Å². The van der Waals surface area contributed by atoms with Crippen LogP contribution in [0.1, 0.15) is 39.7 Å². The Labute approximate surface area is 165 Å². The number of hydrogen-bond acceptors (Lipinski definition) is 2. The van der Waals surface area contributed by atoms with E-state index < -0.39 is 0 Å². The van der Waals surface area contributed by atoms with Gasteiger partial charge in [-0.1, -0.05) is 46.6 Å². The summed E-state index contributed by atoms with van der Waals surface area (Å²) >= 11 is 0. The van der Waals surface area contributed by atoms with Gasteiger partial charge in [-0.2, -0.15) is 0 Å². The second kappa shape index (κ2) is 7.08. The number of hydrogen-bond donors (Lipinski definition) is 0. The maximum Gasteiger partial charge on any atom is 0.304 e. The number of fused-ring (bicyclic) bond motifs is 5. The van der Waals surface area contributed by atoms with Gasteiger partial charge in [-0.15, -0.1) is 0 Å². The quantitative estimate of drug-likeness (QED) is 0.520. The summed E-state index contributed by atoms with van der Waals surface area (Å²) in [6.07, 6.45) is 3.36. The van der Waals surface area contributed by atoms with Gasteiger partial charge in [-0.3, -0.25) is 0 Å². The van der Waals surface area contributed by atoms with E-state index in [0.717, 1.165) is 12.2 Å². The molecule has 0 saturated heterocycles. The van der Waals surface area contributed by atoms with E-state index >= 15 is 0 Å².